The summed E-state index contributed by atoms with van der Waals surface area (Å²) in [4.78, 5) is 0. The van der Waals surface area contributed by atoms with Gasteiger partial charge in [0, 0.05) is 10.2 Å². The maximum absolute atomic E-state index is 4.39. The molecular weight excluding hydrogens is 390 g/mol. The monoisotopic (exact) mass is 430 g/mol. The molecule has 3 rings (SSSR count). The summed E-state index contributed by atoms with van der Waals surface area (Å²) >= 11 is 0. The van der Waals surface area contributed by atoms with Crippen LogP contribution in [0.4, 0.5) is 0 Å². The summed E-state index contributed by atoms with van der Waals surface area (Å²) in [6.45, 7) is 8.68. The topological polar surface area (TPSA) is 14.1 Å². The largest absolute Gasteiger partial charge is 2.00 e. The summed E-state index contributed by atoms with van der Waals surface area (Å²) in [7, 11) is 3.88. The third-order valence-electron chi connectivity index (χ3n) is 5.71. The summed E-state index contributed by atoms with van der Waals surface area (Å²) in [5, 5.41) is 5.74. The third-order valence-corrected chi connectivity index (χ3v) is 6.18. The normalized spacial score (nSPS) is 14.8. The molecule has 0 aliphatic heterocycles. The maximum Gasteiger partial charge on any atom is 2.00 e. The second-order valence-electron chi connectivity index (χ2n) is 7.86. The van der Waals surface area contributed by atoms with E-state index in [0.717, 1.165) is 0 Å². The molecule has 1 aliphatic carbocycles. The molecule has 2 aromatic carbocycles. The van der Waals surface area contributed by atoms with Crippen LogP contribution in [0.1, 0.15) is 73.6 Å². The number of hydrogen-bond donors (Lipinski definition) is 0. The zero-order valence-electron chi connectivity index (χ0n) is 18.9. The van der Waals surface area contributed by atoms with Gasteiger partial charge in [-0.15, -0.1) is 6.04 Å². The molecule has 0 amide bonds. The van der Waals surface area contributed by atoms with Gasteiger partial charge < -0.3 is 5.32 Å². The molecule has 0 atom stereocenters. The molecule has 2 aromatic rings. The average molecular weight is 431 g/mol. The number of aryl methyl sites for hydroxylation is 2. The van der Waals surface area contributed by atoms with E-state index in [-0.39, 0.29) is 21.7 Å². The Morgan fingerprint density at radius 2 is 1.39 bits per heavy atom. The molecule has 1 fully saturated rings. The van der Waals surface area contributed by atoms with Crippen LogP contribution < -0.4 is 5.19 Å². The predicted octanol–water partition coefficient (Wildman–Crippen LogP) is 6.07. The molecule has 0 bridgehead atoms. The molecule has 1 saturated carbocycles. The van der Waals surface area contributed by atoms with E-state index in [0.29, 0.717) is 6.04 Å². The van der Waals surface area contributed by atoms with Crippen LogP contribution in [0.25, 0.3) is 5.32 Å². The van der Waals surface area contributed by atoms with E-state index < -0.39 is 0 Å². The van der Waals surface area contributed by atoms with Crippen molar-refractivity contribution in [2.75, 3.05) is 7.05 Å². The second-order valence-corrected chi connectivity index (χ2v) is 8.67. The Balaban J connectivity index is 0.000000393. The summed E-state index contributed by atoms with van der Waals surface area (Å²) < 4.78 is 0. The zero-order chi connectivity index (χ0) is 20.1. The van der Waals surface area contributed by atoms with E-state index >= 15 is 0 Å². The Hall–Kier alpha value is -0.539. The Morgan fingerprint density at radius 3 is 1.68 bits per heavy atom. The van der Waals surface area contributed by atoms with Gasteiger partial charge in [0.2, 0.25) is 0 Å². The van der Waals surface area contributed by atoms with Crippen molar-refractivity contribution in [3.8, 4) is 0 Å². The predicted molar refractivity (Wildman–Crippen MR) is 126 cm³/mol. The summed E-state index contributed by atoms with van der Waals surface area (Å²) in [6.07, 6.45) is 11.3. The van der Waals surface area contributed by atoms with Gasteiger partial charge in [0.05, 0.1) is 0 Å². The van der Waals surface area contributed by atoms with Gasteiger partial charge >= 0.3 is 21.7 Å². The quantitative estimate of drug-likeness (QED) is 0.385. The van der Waals surface area contributed by atoms with Crippen LogP contribution in [-0.2, 0) is 21.7 Å². The van der Waals surface area contributed by atoms with Crippen LogP contribution in [-0.4, -0.2) is 23.3 Å². The van der Waals surface area contributed by atoms with Crippen LogP contribution in [0.2, 0.25) is 0 Å². The Labute approximate surface area is 192 Å². The molecular formula is C25H40NSiTi. The molecule has 0 unspecified atom stereocenters. The van der Waals surface area contributed by atoms with Crippen molar-refractivity contribution in [3.05, 3.63) is 64.0 Å². The van der Waals surface area contributed by atoms with Gasteiger partial charge in [0.1, 0.15) is 0 Å². The fraction of sp³-hybridized carbons (Fsp3) is 0.560. The van der Waals surface area contributed by atoms with Gasteiger partial charge in [0.15, 0.2) is 0 Å². The van der Waals surface area contributed by atoms with Crippen molar-refractivity contribution in [1.29, 1.82) is 0 Å². The van der Waals surface area contributed by atoms with Crippen molar-refractivity contribution in [3.63, 3.8) is 0 Å². The van der Waals surface area contributed by atoms with Gasteiger partial charge in [-0.3, -0.25) is 0 Å². The number of rotatable bonds is 1. The van der Waals surface area contributed by atoms with Gasteiger partial charge in [-0.2, -0.15) is 35.4 Å². The minimum Gasteiger partial charge on any atom is -0.662 e. The molecule has 0 heterocycles. The molecule has 1 radical (unpaired) electrons. The maximum atomic E-state index is 4.39. The van der Waals surface area contributed by atoms with E-state index in [1.807, 2.05) is 35.5 Å². The minimum absolute atomic E-state index is 0. The molecule has 0 aromatic heterocycles. The Kier molecular flexibility index (Phi) is 16.0. The van der Waals surface area contributed by atoms with Crippen LogP contribution in [0.5, 0.6) is 0 Å². The summed E-state index contributed by atoms with van der Waals surface area (Å²) in [5.41, 5.74) is 5.75. The van der Waals surface area contributed by atoms with E-state index in [4.69, 9.17) is 0 Å². The van der Waals surface area contributed by atoms with Crippen LogP contribution >= 0.6 is 0 Å². The minimum atomic E-state index is 0. The van der Waals surface area contributed by atoms with Crippen LogP contribution in [0.3, 0.4) is 0 Å². The zero-order valence-corrected chi connectivity index (χ0v) is 21.8. The molecule has 0 saturated heterocycles. The average Bonchev–Trinajstić information content (AvgIpc) is 2.98. The molecule has 1 nitrogen and oxygen atoms in total. The Bertz CT molecular complexity index is 588. The molecule has 28 heavy (non-hydrogen) atoms. The van der Waals surface area contributed by atoms with Crippen LogP contribution in [0, 0.1) is 27.7 Å². The fourth-order valence-electron chi connectivity index (χ4n) is 3.48. The first-order chi connectivity index (χ1) is 13.0. The summed E-state index contributed by atoms with van der Waals surface area (Å²) in [5.74, 6) is 0. The van der Waals surface area contributed by atoms with Gasteiger partial charge in [-0.25, -0.2) is 0 Å². The molecule has 0 spiro atoms. The smallest absolute Gasteiger partial charge is 0.662 e. The van der Waals surface area contributed by atoms with Gasteiger partial charge in [-0.05, 0) is 0 Å². The number of benzene rings is 1. The Morgan fingerprint density at radius 1 is 0.893 bits per heavy atom. The van der Waals surface area contributed by atoms with Crippen molar-refractivity contribution in [2.45, 2.75) is 85.1 Å². The standard InChI is InChI=1S/C10H20N.C9H13.C6H7Si.Ti/c1-11-10-8-6-4-2-3-5-7-9-10;1-6-5-7(2)9(4)8(6)3;7-6-4-2-1-3-5-6;/h10H,2-9H2,1H3;5H,1-4H3;1-5H,7H2;/q2*-1;;+2. The van der Waals surface area contributed by atoms with E-state index in [2.05, 4.69) is 51.2 Å². The molecule has 1 aliphatic rings. The first kappa shape index (κ1) is 27.5. The second kappa shape index (κ2) is 16.3. The SMILES string of the molecule is C[N-]C1CCCCCCCC1.Cc1c[c-](C)c(C)c1C.[SiH2]c1ccccc1.[Ti+2]. The van der Waals surface area contributed by atoms with E-state index in [1.54, 1.807) is 0 Å². The van der Waals surface area contributed by atoms with Crippen molar-refractivity contribution in [1.82, 2.24) is 0 Å². The van der Waals surface area contributed by atoms with E-state index in [1.165, 1.54) is 78.8 Å². The number of nitrogens with zero attached hydrogens (tertiary/aromatic N) is 1. The molecule has 153 valence electrons. The summed E-state index contributed by atoms with van der Waals surface area (Å²) in [6, 6.07) is 13.2. The van der Waals surface area contributed by atoms with Gasteiger partial charge in [-0.1, -0.05) is 115 Å². The third kappa shape index (κ3) is 11.5. The fourth-order valence-corrected chi connectivity index (χ4v) is 3.75. The first-order valence-corrected chi connectivity index (χ1v) is 11.3. The molecule has 3 heteroatoms. The van der Waals surface area contributed by atoms with Crippen molar-refractivity contribution < 1.29 is 21.7 Å². The molecule has 0 N–H and O–H groups in total. The van der Waals surface area contributed by atoms with Gasteiger partial charge in [0.25, 0.3) is 0 Å². The van der Waals surface area contributed by atoms with Crippen molar-refractivity contribution >= 4 is 15.4 Å². The van der Waals surface area contributed by atoms with Crippen molar-refractivity contribution in [2.24, 2.45) is 0 Å². The van der Waals surface area contributed by atoms with Crippen LogP contribution in [0.15, 0.2) is 36.4 Å². The van der Waals surface area contributed by atoms with E-state index in [9.17, 15) is 0 Å². The first-order valence-electron chi connectivity index (χ1n) is 10.6. The number of hydrogen-bond acceptors (Lipinski definition) is 0.